The van der Waals surface area contributed by atoms with E-state index in [-0.39, 0.29) is 29.9 Å². The van der Waals surface area contributed by atoms with Gasteiger partial charge < -0.3 is 19.4 Å². The van der Waals surface area contributed by atoms with Gasteiger partial charge in [-0.3, -0.25) is 0 Å². The van der Waals surface area contributed by atoms with Gasteiger partial charge in [0, 0.05) is 39.1 Å². The summed E-state index contributed by atoms with van der Waals surface area (Å²) in [6.45, 7) is 7.87. The minimum absolute atomic E-state index is 0.0606. The number of nitrogens with zero attached hydrogens (tertiary/aromatic N) is 3. The number of fused-ring (bicyclic) bond motifs is 1. The molecule has 2 aliphatic rings. The SMILES string of the molecule is CN(CC1CN(C(=O)OC(C)(C)C)C1)C(=O)N1CCc2ccccc2[C@@H]1c1ccc(F)cc1. The molecule has 2 aromatic carbocycles. The fourth-order valence-electron chi connectivity index (χ4n) is 4.62. The van der Waals surface area contributed by atoms with Crippen molar-refractivity contribution in [2.75, 3.05) is 33.2 Å². The molecule has 0 unspecified atom stereocenters. The van der Waals surface area contributed by atoms with Gasteiger partial charge in [-0.2, -0.15) is 0 Å². The fourth-order valence-corrected chi connectivity index (χ4v) is 4.62. The number of benzene rings is 2. The second-order valence-electron chi connectivity index (χ2n) is 10.0. The first-order chi connectivity index (χ1) is 15.6. The Morgan fingerprint density at radius 2 is 1.76 bits per heavy atom. The smallest absolute Gasteiger partial charge is 0.410 e. The molecule has 0 saturated carbocycles. The molecule has 0 N–H and O–H groups in total. The standard InChI is InChI=1S/C26H32FN3O3/c1-26(2,3)33-25(32)29-16-18(17-29)15-28(4)24(31)30-14-13-19-7-5-6-8-22(19)23(30)20-9-11-21(27)12-10-20/h5-12,18,23H,13-17H2,1-4H3/t23-/m0/s1. The summed E-state index contributed by atoms with van der Waals surface area (Å²) in [5.41, 5.74) is 2.67. The van der Waals surface area contributed by atoms with Crippen LogP contribution in [-0.4, -0.2) is 65.7 Å². The zero-order valence-corrected chi connectivity index (χ0v) is 19.8. The number of carbonyl (C=O) groups is 2. The van der Waals surface area contributed by atoms with Crippen molar-refractivity contribution in [3.05, 3.63) is 71.0 Å². The Morgan fingerprint density at radius 3 is 2.42 bits per heavy atom. The lowest BCUT2D eigenvalue weighted by Gasteiger charge is -2.43. The highest BCUT2D eigenvalue weighted by Crippen LogP contribution is 2.36. The van der Waals surface area contributed by atoms with Crippen LogP contribution in [0.15, 0.2) is 48.5 Å². The van der Waals surface area contributed by atoms with Gasteiger partial charge in [-0.25, -0.2) is 14.0 Å². The highest BCUT2D eigenvalue weighted by atomic mass is 19.1. The predicted molar refractivity (Wildman–Crippen MR) is 124 cm³/mol. The van der Waals surface area contributed by atoms with Gasteiger partial charge in [0.05, 0.1) is 6.04 Å². The van der Waals surface area contributed by atoms with Crippen LogP contribution in [0.3, 0.4) is 0 Å². The van der Waals surface area contributed by atoms with E-state index in [4.69, 9.17) is 4.74 Å². The molecule has 176 valence electrons. The maximum absolute atomic E-state index is 13.6. The number of likely N-dealkylation sites (tertiary alicyclic amines) is 1. The van der Waals surface area contributed by atoms with Gasteiger partial charge in [-0.1, -0.05) is 36.4 Å². The van der Waals surface area contributed by atoms with E-state index in [1.165, 1.54) is 17.7 Å². The van der Waals surface area contributed by atoms with Crippen LogP contribution < -0.4 is 0 Å². The third-order valence-corrected chi connectivity index (χ3v) is 6.18. The molecule has 4 rings (SSSR count). The second-order valence-corrected chi connectivity index (χ2v) is 10.0. The van der Waals surface area contributed by atoms with Crippen LogP contribution in [-0.2, 0) is 11.2 Å². The molecular weight excluding hydrogens is 421 g/mol. The molecule has 0 aliphatic carbocycles. The van der Waals surface area contributed by atoms with Gasteiger partial charge in [-0.05, 0) is 56.0 Å². The lowest BCUT2D eigenvalue weighted by molar-refractivity contribution is -0.00433. The Bertz CT molecular complexity index is 1010. The van der Waals surface area contributed by atoms with Crippen LogP contribution in [0.1, 0.15) is 43.5 Å². The Kier molecular flexibility index (Phi) is 6.32. The summed E-state index contributed by atoms with van der Waals surface area (Å²) in [7, 11) is 1.81. The molecule has 0 spiro atoms. The van der Waals surface area contributed by atoms with Gasteiger partial charge in [-0.15, -0.1) is 0 Å². The lowest BCUT2D eigenvalue weighted by Crippen LogP contribution is -2.56. The van der Waals surface area contributed by atoms with Crippen LogP contribution in [0.4, 0.5) is 14.0 Å². The fraction of sp³-hybridized carbons (Fsp3) is 0.462. The summed E-state index contributed by atoms with van der Waals surface area (Å²) in [5, 5.41) is 0. The van der Waals surface area contributed by atoms with Gasteiger partial charge in [0.15, 0.2) is 0 Å². The maximum atomic E-state index is 13.6. The maximum Gasteiger partial charge on any atom is 0.410 e. The molecule has 7 heteroatoms. The Hall–Kier alpha value is -3.09. The highest BCUT2D eigenvalue weighted by molar-refractivity contribution is 5.76. The van der Waals surface area contributed by atoms with Crippen molar-refractivity contribution >= 4 is 12.1 Å². The minimum atomic E-state index is -0.519. The van der Waals surface area contributed by atoms with Gasteiger partial charge >= 0.3 is 12.1 Å². The van der Waals surface area contributed by atoms with Crippen LogP contribution in [0, 0.1) is 11.7 Å². The first kappa shape index (κ1) is 23.1. The molecule has 2 aromatic rings. The van der Waals surface area contributed by atoms with Crippen LogP contribution >= 0.6 is 0 Å². The van der Waals surface area contributed by atoms with E-state index < -0.39 is 5.60 Å². The average Bonchev–Trinajstić information content (AvgIpc) is 2.73. The van der Waals surface area contributed by atoms with E-state index in [0.717, 1.165) is 17.5 Å². The molecule has 0 aromatic heterocycles. The van der Waals surface area contributed by atoms with Gasteiger partial charge in [0.2, 0.25) is 0 Å². The lowest BCUT2D eigenvalue weighted by atomic mass is 9.88. The Balaban J connectivity index is 1.44. The zero-order chi connectivity index (χ0) is 23.8. The number of hydrogen-bond acceptors (Lipinski definition) is 3. The number of hydrogen-bond donors (Lipinski definition) is 0. The molecule has 1 fully saturated rings. The van der Waals surface area contributed by atoms with Crippen molar-refractivity contribution in [3.8, 4) is 0 Å². The molecule has 1 atom stereocenters. The quantitative estimate of drug-likeness (QED) is 0.677. The molecule has 0 bridgehead atoms. The number of urea groups is 1. The summed E-state index contributed by atoms with van der Waals surface area (Å²) in [6.07, 6.45) is 0.472. The van der Waals surface area contributed by atoms with Gasteiger partial charge in [0.1, 0.15) is 11.4 Å². The van der Waals surface area contributed by atoms with E-state index in [1.54, 1.807) is 29.0 Å². The first-order valence-corrected chi connectivity index (χ1v) is 11.5. The van der Waals surface area contributed by atoms with Crippen molar-refractivity contribution in [2.24, 2.45) is 5.92 Å². The summed E-state index contributed by atoms with van der Waals surface area (Å²) in [4.78, 5) is 31.0. The summed E-state index contributed by atoms with van der Waals surface area (Å²) in [6, 6.07) is 14.2. The average molecular weight is 454 g/mol. The first-order valence-electron chi connectivity index (χ1n) is 11.5. The third-order valence-electron chi connectivity index (χ3n) is 6.18. The largest absolute Gasteiger partial charge is 0.444 e. The molecule has 6 nitrogen and oxygen atoms in total. The van der Waals surface area contributed by atoms with Crippen molar-refractivity contribution in [2.45, 2.75) is 38.8 Å². The number of carbonyl (C=O) groups excluding carboxylic acids is 2. The van der Waals surface area contributed by atoms with E-state index in [9.17, 15) is 14.0 Å². The van der Waals surface area contributed by atoms with Crippen LogP contribution in [0.5, 0.6) is 0 Å². The van der Waals surface area contributed by atoms with Crippen LogP contribution in [0.2, 0.25) is 0 Å². The van der Waals surface area contributed by atoms with E-state index in [2.05, 4.69) is 6.07 Å². The normalized spacial score (nSPS) is 18.4. The Labute approximate surface area is 194 Å². The van der Waals surface area contributed by atoms with E-state index >= 15 is 0 Å². The summed E-state index contributed by atoms with van der Waals surface area (Å²) in [5.74, 6) is -0.0785. The molecule has 2 aliphatic heterocycles. The summed E-state index contributed by atoms with van der Waals surface area (Å²) < 4.78 is 19.0. The zero-order valence-electron chi connectivity index (χ0n) is 19.8. The molecule has 3 amide bonds. The van der Waals surface area contributed by atoms with Crippen molar-refractivity contribution < 1.29 is 18.7 Å². The topological polar surface area (TPSA) is 53.1 Å². The van der Waals surface area contributed by atoms with Crippen molar-refractivity contribution in [3.63, 3.8) is 0 Å². The minimum Gasteiger partial charge on any atom is -0.444 e. The number of halogens is 1. The van der Waals surface area contributed by atoms with Crippen LogP contribution in [0.25, 0.3) is 0 Å². The van der Waals surface area contributed by atoms with Crippen molar-refractivity contribution in [1.82, 2.24) is 14.7 Å². The molecule has 2 heterocycles. The second kappa shape index (κ2) is 9.04. The number of amides is 3. The molecule has 1 saturated heterocycles. The number of ether oxygens (including phenoxy) is 1. The van der Waals surface area contributed by atoms with E-state index in [1.807, 2.05) is 43.9 Å². The Morgan fingerprint density at radius 1 is 1.09 bits per heavy atom. The van der Waals surface area contributed by atoms with Gasteiger partial charge in [0.25, 0.3) is 0 Å². The monoisotopic (exact) mass is 453 g/mol. The molecule has 33 heavy (non-hydrogen) atoms. The predicted octanol–water partition coefficient (Wildman–Crippen LogP) is 4.69. The molecule has 0 radical (unpaired) electrons. The summed E-state index contributed by atoms with van der Waals surface area (Å²) >= 11 is 0. The van der Waals surface area contributed by atoms with Crippen molar-refractivity contribution in [1.29, 1.82) is 0 Å². The third kappa shape index (κ3) is 5.13. The highest BCUT2D eigenvalue weighted by Gasteiger charge is 2.37. The number of rotatable bonds is 3. The molecular formula is C26H32FN3O3. The van der Waals surface area contributed by atoms with E-state index in [0.29, 0.717) is 26.2 Å².